The first-order valence-corrected chi connectivity index (χ1v) is 21.5. The van der Waals surface area contributed by atoms with Crippen molar-refractivity contribution in [3.05, 3.63) is 235 Å². The van der Waals surface area contributed by atoms with E-state index in [4.69, 9.17) is 15.0 Å². The molecule has 0 radical (unpaired) electrons. The van der Waals surface area contributed by atoms with Crippen molar-refractivity contribution in [2.24, 2.45) is 9.98 Å². The Labute approximate surface area is 365 Å². The molecule has 2 heterocycles. The third-order valence-corrected chi connectivity index (χ3v) is 12.3. The van der Waals surface area contributed by atoms with E-state index >= 15 is 0 Å². The van der Waals surface area contributed by atoms with E-state index in [2.05, 4.69) is 139 Å². The summed E-state index contributed by atoms with van der Waals surface area (Å²) in [4.78, 5) is 19.5. The lowest BCUT2D eigenvalue weighted by atomic mass is 9.99. The van der Waals surface area contributed by atoms with Crippen LogP contribution in [0.5, 0.6) is 0 Å². The predicted molar refractivity (Wildman–Crippen MR) is 263 cm³/mol. The zero-order valence-corrected chi connectivity index (χ0v) is 34.7. The zero-order chi connectivity index (χ0) is 41.7. The Hall–Kier alpha value is -7.86. The first-order chi connectivity index (χ1) is 30.6. The number of nitrogens with zero attached hydrogens (tertiary/aromatic N) is 4. The Kier molecular flexibility index (Phi) is 10.8. The maximum absolute atomic E-state index is 5.08. The van der Waals surface area contributed by atoms with Crippen LogP contribution in [0.15, 0.2) is 228 Å². The van der Waals surface area contributed by atoms with Crippen LogP contribution in [0, 0.1) is 0 Å². The molecule has 0 unspecified atom stereocenters. The molecular formula is C57H40N4S. The molecule has 10 aromatic rings. The van der Waals surface area contributed by atoms with Crippen molar-refractivity contribution in [2.75, 3.05) is 0 Å². The summed E-state index contributed by atoms with van der Waals surface area (Å²) in [5, 5.41) is 2.52. The fourth-order valence-corrected chi connectivity index (χ4v) is 8.87. The van der Waals surface area contributed by atoms with Crippen molar-refractivity contribution in [1.82, 2.24) is 9.97 Å². The minimum atomic E-state index is 0.542. The smallest absolute Gasteiger partial charge is 0.160 e. The minimum absolute atomic E-state index is 0.542. The molecule has 0 aliphatic rings. The highest BCUT2D eigenvalue weighted by molar-refractivity contribution is 7.25. The monoisotopic (exact) mass is 812 g/mol. The van der Waals surface area contributed by atoms with Gasteiger partial charge in [-0.3, -0.25) is 9.98 Å². The lowest BCUT2D eigenvalue weighted by molar-refractivity contribution is 1.07. The van der Waals surface area contributed by atoms with Crippen LogP contribution < -0.4 is 0 Å². The summed E-state index contributed by atoms with van der Waals surface area (Å²) in [6, 6.07) is 74.1. The molecule has 62 heavy (non-hydrogen) atoms. The summed E-state index contributed by atoms with van der Waals surface area (Å²) >= 11 is 1.84. The van der Waals surface area contributed by atoms with E-state index in [1.54, 1.807) is 0 Å². The second-order valence-corrected chi connectivity index (χ2v) is 16.2. The number of benzene rings is 8. The molecule has 0 saturated carbocycles. The maximum atomic E-state index is 5.08. The molecule has 5 heteroatoms. The van der Waals surface area contributed by atoms with Crippen LogP contribution in [0.2, 0.25) is 0 Å². The van der Waals surface area contributed by atoms with Crippen molar-refractivity contribution in [2.45, 2.75) is 6.54 Å². The Balaban J connectivity index is 0.918. The molecule has 0 saturated heterocycles. The van der Waals surface area contributed by atoms with Gasteiger partial charge in [0.05, 0.1) is 29.3 Å². The van der Waals surface area contributed by atoms with Crippen LogP contribution in [0.25, 0.3) is 82.0 Å². The second kappa shape index (κ2) is 17.4. The predicted octanol–water partition coefficient (Wildman–Crippen LogP) is 14.9. The molecule has 2 aromatic heterocycles. The Morgan fingerprint density at radius 1 is 0.452 bits per heavy atom. The number of aromatic nitrogens is 2. The van der Waals surface area contributed by atoms with Crippen molar-refractivity contribution in [3.8, 4) is 56.2 Å². The summed E-state index contributed by atoms with van der Waals surface area (Å²) in [7, 11) is 0. The SMILES string of the molecule is C=N/C(=C\C(=N/Cc1ccc(-c2ccc3sc4ccc(-c5ccc(-c6nc(-c7ccccc7)cc(-c7ccccc7)n6)cc5)cc4c3c2)cc1)c1ccccc1)c1ccccc1. The molecule has 0 fully saturated rings. The van der Waals surface area contributed by atoms with E-state index in [-0.39, 0.29) is 0 Å². The highest BCUT2D eigenvalue weighted by Gasteiger charge is 2.13. The van der Waals surface area contributed by atoms with Crippen LogP contribution in [-0.2, 0) is 6.54 Å². The van der Waals surface area contributed by atoms with Gasteiger partial charge in [-0.25, -0.2) is 9.97 Å². The van der Waals surface area contributed by atoms with E-state index in [1.807, 2.05) is 102 Å². The topological polar surface area (TPSA) is 50.5 Å². The van der Waals surface area contributed by atoms with Crippen LogP contribution in [0.4, 0.5) is 0 Å². The fraction of sp³-hybridized carbons (Fsp3) is 0.0175. The maximum Gasteiger partial charge on any atom is 0.160 e. The standard InChI is InChI=1S/C57H40N4S/c1-58-51(42-14-6-2-7-15-42)36-52(43-16-8-3-9-17-43)59-38-39-22-24-40(25-23-39)47-30-32-55-49(34-47)50-35-48(31-33-56(50)62-55)41-26-28-46(29-27-41)57-60-53(44-18-10-4-11-19-44)37-54(61-57)45-20-12-5-13-21-45/h2-37H,1,38H2/b51-36-,59-52+. The molecule has 0 atom stereocenters. The third kappa shape index (κ3) is 8.18. The normalized spacial score (nSPS) is 11.9. The molecule has 4 nitrogen and oxygen atoms in total. The highest BCUT2D eigenvalue weighted by atomic mass is 32.1. The Bertz CT molecular complexity index is 3170. The van der Waals surface area contributed by atoms with E-state index in [1.165, 1.54) is 36.9 Å². The van der Waals surface area contributed by atoms with Gasteiger partial charge in [0.2, 0.25) is 0 Å². The number of fused-ring (bicyclic) bond motifs is 3. The summed E-state index contributed by atoms with van der Waals surface area (Å²) in [6.45, 7) is 4.39. The summed E-state index contributed by atoms with van der Waals surface area (Å²) < 4.78 is 2.55. The summed E-state index contributed by atoms with van der Waals surface area (Å²) in [6.07, 6.45) is 2.02. The van der Waals surface area contributed by atoms with Gasteiger partial charge in [-0.05, 0) is 76.5 Å². The van der Waals surface area contributed by atoms with Gasteiger partial charge in [0.1, 0.15) is 0 Å². The molecule has 10 rings (SSSR count). The first-order valence-electron chi connectivity index (χ1n) is 20.7. The molecule has 0 spiro atoms. The van der Waals surface area contributed by atoms with Gasteiger partial charge >= 0.3 is 0 Å². The van der Waals surface area contributed by atoms with Crippen molar-refractivity contribution < 1.29 is 0 Å². The minimum Gasteiger partial charge on any atom is -0.280 e. The van der Waals surface area contributed by atoms with Crippen molar-refractivity contribution in [1.29, 1.82) is 0 Å². The lowest BCUT2D eigenvalue weighted by Crippen LogP contribution is -1.99. The average Bonchev–Trinajstić information content (AvgIpc) is 3.72. The van der Waals surface area contributed by atoms with Crippen molar-refractivity contribution in [3.63, 3.8) is 0 Å². The number of thiophene rings is 1. The van der Waals surface area contributed by atoms with Gasteiger partial charge in [0.25, 0.3) is 0 Å². The molecule has 0 aliphatic heterocycles. The van der Waals surface area contributed by atoms with E-state index < -0.39 is 0 Å². The van der Waals surface area contributed by atoms with Crippen LogP contribution in [0.3, 0.4) is 0 Å². The highest BCUT2D eigenvalue weighted by Crippen LogP contribution is 2.39. The summed E-state index contributed by atoms with van der Waals surface area (Å²) in [5.41, 5.74) is 14.4. The summed E-state index contributed by atoms with van der Waals surface area (Å²) in [5.74, 6) is 0.705. The molecule has 8 aromatic carbocycles. The third-order valence-electron chi connectivity index (χ3n) is 11.1. The molecule has 294 valence electrons. The van der Waals surface area contributed by atoms with Gasteiger partial charge in [-0.2, -0.15) is 0 Å². The average molecular weight is 813 g/mol. The second-order valence-electron chi connectivity index (χ2n) is 15.1. The van der Waals surface area contributed by atoms with E-state index in [0.29, 0.717) is 12.4 Å². The molecule has 0 N–H and O–H groups in total. The lowest BCUT2D eigenvalue weighted by Gasteiger charge is -2.10. The molecule has 0 amide bonds. The van der Waals surface area contributed by atoms with Gasteiger partial charge in [0, 0.05) is 42.4 Å². The van der Waals surface area contributed by atoms with Gasteiger partial charge in [-0.1, -0.05) is 182 Å². The van der Waals surface area contributed by atoms with E-state index in [0.717, 1.165) is 61.7 Å². The number of allylic oxidation sites excluding steroid dienone is 1. The van der Waals surface area contributed by atoms with Gasteiger partial charge in [0.15, 0.2) is 5.82 Å². The zero-order valence-electron chi connectivity index (χ0n) is 33.9. The molecule has 0 bridgehead atoms. The van der Waals surface area contributed by atoms with Crippen molar-refractivity contribution >= 4 is 49.6 Å². The Morgan fingerprint density at radius 2 is 0.903 bits per heavy atom. The number of hydrogen-bond acceptors (Lipinski definition) is 5. The van der Waals surface area contributed by atoms with Crippen LogP contribution in [0.1, 0.15) is 16.7 Å². The van der Waals surface area contributed by atoms with Gasteiger partial charge < -0.3 is 0 Å². The Morgan fingerprint density at radius 3 is 1.42 bits per heavy atom. The fourth-order valence-electron chi connectivity index (χ4n) is 7.81. The quantitative estimate of drug-likeness (QED) is 0.122. The number of rotatable bonds is 11. The number of aliphatic imine (C=N–C) groups is 2. The van der Waals surface area contributed by atoms with Gasteiger partial charge in [-0.15, -0.1) is 11.3 Å². The van der Waals surface area contributed by atoms with E-state index in [9.17, 15) is 0 Å². The first kappa shape index (κ1) is 38.3. The largest absolute Gasteiger partial charge is 0.280 e. The molecular weight excluding hydrogens is 773 g/mol. The molecule has 0 aliphatic carbocycles. The van der Waals surface area contributed by atoms with Crippen LogP contribution >= 0.6 is 11.3 Å². The number of hydrogen-bond donors (Lipinski definition) is 0. The van der Waals surface area contributed by atoms with Crippen LogP contribution in [-0.4, -0.2) is 22.4 Å².